The number of carbonyl (C=O) groups is 3. The van der Waals surface area contributed by atoms with E-state index in [4.69, 9.17) is 16.3 Å². The lowest BCUT2D eigenvalue weighted by Crippen LogP contribution is -2.49. The zero-order chi connectivity index (χ0) is 19.4. The lowest BCUT2D eigenvalue weighted by molar-refractivity contribution is -0.141. The van der Waals surface area contributed by atoms with Gasteiger partial charge in [0.1, 0.15) is 0 Å². The van der Waals surface area contributed by atoms with Crippen LogP contribution < -0.4 is 15.1 Å². The van der Waals surface area contributed by atoms with Gasteiger partial charge in [-0.15, -0.1) is 0 Å². The van der Waals surface area contributed by atoms with E-state index in [1.807, 2.05) is 18.2 Å². The number of rotatable bonds is 5. The van der Waals surface area contributed by atoms with Gasteiger partial charge in [0.2, 0.25) is 5.91 Å². The van der Waals surface area contributed by atoms with Gasteiger partial charge in [-0.05, 0) is 43.4 Å². The van der Waals surface area contributed by atoms with Crippen molar-refractivity contribution >= 4 is 40.9 Å². The molecule has 0 radical (unpaired) electrons. The molecule has 146 valence electrons. The molecule has 0 saturated carbocycles. The maximum absolute atomic E-state index is 12.0. The first-order valence-electron chi connectivity index (χ1n) is 9.23. The maximum atomic E-state index is 12.0. The Hall–Kier alpha value is -2.28. The Balaban J connectivity index is 1.57. The summed E-state index contributed by atoms with van der Waals surface area (Å²) in [5.41, 5.74) is 1.64. The first-order valence-corrected chi connectivity index (χ1v) is 9.61. The van der Waals surface area contributed by atoms with Crippen LogP contribution in [0.2, 0.25) is 5.02 Å². The van der Waals surface area contributed by atoms with Gasteiger partial charge in [-0.1, -0.05) is 11.6 Å². The lowest BCUT2D eigenvalue weighted by Gasteiger charge is -2.34. The highest BCUT2D eigenvalue weighted by Gasteiger charge is 2.26. The highest BCUT2D eigenvalue weighted by molar-refractivity contribution is 6.34. The molecule has 27 heavy (non-hydrogen) atoms. The predicted octanol–water partition coefficient (Wildman–Crippen LogP) is 2.96. The number of hydrogen-bond donors (Lipinski definition) is 1. The molecule has 0 aromatic heterocycles. The molecule has 0 atom stereocenters. The number of nitrogens with zero attached hydrogens (tertiary/aromatic N) is 2. The molecule has 1 N–H and O–H groups in total. The van der Waals surface area contributed by atoms with Gasteiger partial charge in [0, 0.05) is 38.7 Å². The van der Waals surface area contributed by atoms with Gasteiger partial charge >= 0.3 is 12.0 Å². The molecule has 2 heterocycles. The molecule has 2 saturated heterocycles. The Labute approximate surface area is 163 Å². The van der Waals surface area contributed by atoms with Crippen molar-refractivity contribution in [2.45, 2.75) is 32.6 Å². The Morgan fingerprint density at radius 3 is 2.63 bits per heavy atom. The summed E-state index contributed by atoms with van der Waals surface area (Å²) in [5, 5.41) is 2.80. The number of benzene rings is 1. The first-order chi connectivity index (χ1) is 12.9. The van der Waals surface area contributed by atoms with E-state index in [1.165, 1.54) is 11.8 Å². The van der Waals surface area contributed by atoms with Crippen molar-refractivity contribution in [2.75, 3.05) is 36.0 Å². The number of halogens is 1. The van der Waals surface area contributed by atoms with E-state index in [0.717, 1.165) is 38.0 Å². The van der Waals surface area contributed by atoms with Crippen LogP contribution in [0.15, 0.2) is 18.2 Å². The zero-order valence-corrected chi connectivity index (χ0v) is 16.1. The Bertz CT molecular complexity index is 732. The van der Waals surface area contributed by atoms with E-state index in [0.29, 0.717) is 29.8 Å². The number of ether oxygens (including phenoxy) is 1. The zero-order valence-electron chi connectivity index (χ0n) is 15.4. The third-order valence-corrected chi connectivity index (χ3v) is 5.39. The maximum Gasteiger partial charge on any atom is 0.328 e. The van der Waals surface area contributed by atoms with E-state index in [1.54, 1.807) is 0 Å². The summed E-state index contributed by atoms with van der Waals surface area (Å²) in [7, 11) is 0. The Kier molecular flexibility index (Phi) is 6.21. The average molecular weight is 394 g/mol. The summed E-state index contributed by atoms with van der Waals surface area (Å²) >= 11 is 6.43. The van der Waals surface area contributed by atoms with Crippen molar-refractivity contribution < 1.29 is 19.1 Å². The van der Waals surface area contributed by atoms with Crippen LogP contribution in [0.5, 0.6) is 0 Å². The molecule has 3 rings (SSSR count). The molecule has 0 unspecified atom stereocenters. The first kappa shape index (κ1) is 19.5. The number of piperidine rings is 1. The number of amides is 3. The lowest BCUT2D eigenvalue weighted by atomic mass is 9.93. The largest absolute Gasteiger partial charge is 0.466 e. The van der Waals surface area contributed by atoms with Gasteiger partial charge in [0.25, 0.3) is 0 Å². The number of urea groups is 1. The Morgan fingerprint density at radius 2 is 2.00 bits per heavy atom. The van der Waals surface area contributed by atoms with Crippen molar-refractivity contribution in [3.05, 3.63) is 23.2 Å². The summed E-state index contributed by atoms with van der Waals surface area (Å²) in [6.07, 6.45) is 3.25. The van der Waals surface area contributed by atoms with Crippen LogP contribution in [0.4, 0.5) is 16.2 Å². The van der Waals surface area contributed by atoms with Gasteiger partial charge in [-0.2, -0.15) is 0 Å². The fraction of sp³-hybridized carbons (Fsp3) is 0.526. The smallest absolute Gasteiger partial charge is 0.328 e. The average Bonchev–Trinajstić information content (AvgIpc) is 2.63. The van der Waals surface area contributed by atoms with Crippen molar-refractivity contribution in [1.29, 1.82) is 0 Å². The number of nitrogens with one attached hydrogen (secondary N) is 1. The molecule has 1 aromatic carbocycles. The van der Waals surface area contributed by atoms with Crippen LogP contribution >= 0.6 is 11.6 Å². The topological polar surface area (TPSA) is 79.0 Å². The van der Waals surface area contributed by atoms with Gasteiger partial charge in [-0.3, -0.25) is 19.8 Å². The van der Waals surface area contributed by atoms with Crippen LogP contribution in [0.25, 0.3) is 0 Å². The van der Waals surface area contributed by atoms with Gasteiger partial charge in [0.15, 0.2) is 0 Å². The fourth-order valence-corrected chi connectivity index (χ4v) is 3.83. The van der Waals surface area contributed by atoms with Crippen LogP contribution in [0, 0.1) is 5.92 Å². The van der Waals surface area contributed by atoms with Crippen molar-refractivity contribution in [2.24, 2.45) is 5.92 Å². The van der Waals surface area contributed by atoms with Gasteiger partial charge in [0.05, 0.1) is 17.3 Å². The molecule has 3 amide bonds. The molecule has 0 spiro atoms. The summed E-state index contributed by atoms with van der Waals surface area (Å²) < 4.78 is 5.03. The molecule has 0 aliphatic carbocycles. The molecule has 2 aliphatic heterocycles. The number of imide groups is 1. The van der Waals surface area contributed by atoms with E-state index < -0.39 is 6.03 Å². The highest BCUT2D eigenvalue weighted by Crippen LogP contribution is 2.33. The van der Waals surface area contributed by atoms with Crippen LogP contribution in [0.1, 0.15) is 32.6 Å². The minimum Gasteiger partial charge on any atom is -0.466 e. The van der Waals surface area contributed by atoms with Crippen LogP contribution in [0.3, 0.4) is 0 Å². The van der Waals surface area contributed by atoms with E-state index in [9.17, 15) is 14.4 Å². The second-order valence-electron chi connectivity index (χ2n) is 6.95. The van der Waals surface area contributed by atoms with Crippen LogP contribution in [-0.4, -0.2) is 44.1 Å². The van der Waals surface area contributed by atoms with Gasteiger partial charge < -0.3 is 9.64 Å². The summed E-state index contributed by atoms with van der Waals surface area (Å²) in [6.45, 7) is 4.08. The third kappa shape index (κ3) is 4.91. The molecule has 8 heteroatoms. The molecular formula is C19H24ClN3O4. The number of esters is 1. The molecule has 2 aliphatic rings. The summed E-state index contributed by atoms with van der Waals surface area (Å²) in [5.74, 6) is 0.0689. The van der Waals surface area contributed by atoms with E-state index in [2.05, 4.69) is 10.2 Å². The molecule has 7 nitrogen and oxygen atoms in total. The predicted molar refractivity (Wildman–Crippen MR) is 103 cm³/mol. The molecular weight excluding hydrogens is 370 g/mol. The van der Waals surface area contributed by atoms with Gasteiger partial charge in [-0.25, -0.2) is 4.79 Å². The quantitative estimate of drug-likeness (QED) is 0.778. The van der Waals surface area contributed by atoms with E-state index in [-0.39, 0.29) is 18.3 Å². The Morgan fingerprint density at radius 1 is 1.26 bits per heavy atom. The van der Waals surface area contributed by atoms with Crippen molar-refractivity contribution in [3.63, 3.8) is 0 Å². The standard InChI is InChI=1S/C19H24ClN3O4/c1-13(24)27-11-7-14-4-8-22(9-5-14)15-2-3-17(16(20)12-15)23-10-6-18(25)21-19(23)26/h2-3,12,14H,4-11H2,1H3,(H,21,25,26). The normalized spacial score (nSPS) is 18.4. The fourth-order valence-electron chi connectivity index (χ4n) is 3.55. The number of anilines is 2. The molecule has 2 fully saturated rings. The van der Waals surface area contributed by atoms with E-state index >= 15 is 0 Å². The molecule has 0 bridgehead atoms. The SMILES string of the molecule is CC(=O)OCCC1CCN(c2ccc(N3CCC(=O)NC3=O)c(Cl)c2)CC1. The summed E-state index contributed by atoms with van der Waals surface area (Å²) in [4.78, 5) is 37.9. The second kappa shape index (κ2) is 8.61. The number of carbonyl (C=O) groups excluding carboxylic acids is 3. The third-order valence-electron chi connectivity index (χ3n) is 5.09. The monoisotopic (exact) mass is 393 g/mol. The highest BCUT2D eigenvalue weighted by atomic mass is 35.5. The summed E-state index contributed by atoms with van der Waals surface area (Å²) in [6, 6.07) is 5.23. The number of hydrogen-bond acceptors (Lipinski definition) is 5. The van der Waals surface area contributed by atoms with Crippen molar-refractivity contribution in [1.82, 2.24) is 5.32 Å². The second-order valence-corrected chi connectivity index (χ2v) is 7.36. The minimum atomic E-state index is -0.436. The molecule has 1 aromatic rings. The minimum absolute atomic E-state index is 0.228. The van der Waals surface area contributed by atoms with Crippen molar-refractivity contribution in [3.8, 4) is 0 Å². The van der Waals surface area contributed by atoms with Crippen LogP contribution in [-0.2, 0) is 14.3 Å².